The molecule has 1 aromatic heterocycles. The quantitative estimate of drug-likeness (QED) is 0.747. The lowest BCUT2D eigenvalue weighted by Crippen LogP contribution is -2.49. The second-order valence-electron chi connectivity index (χ2n) is 6.73. The number of thiophene rings is 1. The van der Waals surface area contributed by atoms with E-state index in [1.54, 1.807) is 12.0 Å². The number of hydrogen-bond acceptors (Lipinski definition) is 5. The second-order valence-corrected chi connectivity index (χ2v) is 7.76. The van der Waals surface area contributed by atoms with E-state index in [-0.39, 0.29) is 5.91 Å². The van der Waals surface area contributed by atoms with Gasteiger partial charge < -0.3 is 9.64 Å². The molecule has 2 aromatic rings. The minimum absolute atomic E-state index is 0.174. The Hall–Kier alpha value is -1.89. The minimum Gasteiger partial charge on any atom is -0.497 e. The molecule has 1 fully saturated rings. The van der Waals surface area contributed by atoms with Crippen molar-refractivity contribution < 1.29 is 9.53 Å². The first-order valence-corrected chi connectivity index (χ1v) is 9.86. The summed E-state index contributed by atoms with van der Waals surface area (Å²) in [6.45, 7) is 6.10. The summed E-state index contributed by atoms with van der Waals surface area (Å²) in [6.07, 6.45) is 0. The van der Waals surface area contributed by atoms with Crippen molar-refractivity contribution in [1.82, 2.24) is 14.7 Å². The van der Waals surface area contributed by atoms with Gasteiger partial charge in [-0.3, -0.25) is 14.6 Å². The zero-order valence-corrected chi connectivity index (χ0v) is 16.4. The third-order valence-corrected chi connectivity index (χ3v) is 5.65. The molecule has 0 bridgehead atoms. The van der Waals surface area contributed by atoms with Gasteiger partial charge in [0, 0.05) is 51.2 Å². The van der Waals surface area contributed by atoms with Crippen molar-refractivity contribution in [2.24, 2.45) is 0 Å². The van der Waals surface area contributed by atoms with Gasteiger partial charge in [0.1, 0.15) is 5.75 Å². The van der Waals surface area contributed by atoms with Crippen LogP contribution in [0.15, 0.2) is 41.8 Å². The number of likely N-dealkylation sites (N-methyl/N-ethyl adjacent to an activating group) is 1. The SMILES string of the molecule is COc1ccc(CN(C)C(=O)CN2CCN(Cc3cccs3)CC2)cc1. The van der Waals surface area contributed by atoms with Gasteiger partial charge in [0.05, 0.1) is 13.7 Å². The number of benzene rings is 1. The first-order chi connectivity index (χ1) is 12.6. The summed E-state index contributed by atoms with van der Waals surface area (Å²) in [7, 11) is 3.53. The molecule has 0 spiro atoms. The lowest BCUT2D eigenvalue weighted by Gasteiger charge is -2.34. The average Bonchev–Trinajstić information content (AvgIpc) is 3.17. The Kier molecular flexibility index (Phi) is 6.66. The number of piperazine rings is 1. The van der Waals surface area contributed by atoms with Crippen LogP contribution in [0.4, 0.5) is 0 Å². The van der Waals surface area contributed by atoms with Crippen LogP contribution in [0.25, 0.3) is 0 Å². The molecule has 3 rings (SSSR count). The molecule has 26 heavy (non-hydrogen) atoms. The van der Waals surface area contributed by atoms with E-state index in [0.717, 1.165) is 44.0 Å². The van der Waals surface area contributed by atoms with Gasteiger partial charge in [-0.15, -0.1) is 11.3 Å². The molecule has 6 heteroatoms. The van der Waals surface area contributed by atoms with Crippen LogP contribution in [-0.4, -0.2) is 67.5 Å². The van der Waals surface area contributed by atoms with Gasteiger partial charge in [0.2, 0.25) is 5.91 Å². The third-order valence-electron chi connectivity index (χ3n) is 4.79. The van der Waals surface area contributed by atoms with Crippen LogP contribution >= 0.6 is 11.3 Å². The molecule has 2 heterocycles. The Balaban J connectivity index is 1.41. The fourth-order valence-corrected chi connectivity index (χ4v) is 3.88. The maximum absolute atomic E-state index is 12.5. The molecule has 0 radical (unpaired) electrons. The Morgan fingerprint density at radius 2 is 1.81 bits per heavy atom. The van der Waals surface area contributed by atoms with Crippen LogP contribution in [0, 0.1) is 0 Å². The molecule has 1 saturated heterocycles. The van der Waals surface area contributed by atoms with Gasteiger partial charge in [-0.2, -0.15) is 0 Å². The molecule has 0 N–H and O–H groups in total. The van der Waals surface area contributed by atoms with E-state index in [2.05, 4.69) is 27.3 Å². The van der Waals surface area contributed by atoms with Crippen molar-refractivity contribution in [3.8, 4) is 5.75 Å². The van der Waals surface area contributed by atoms with Gasteiger partial charge in [-0.1, -0.05) is 18.2 Å². The highest BCUT2D eigenvalue weighted by atomic mass is 32.1. The largest absolute Gasteiger partial charge is 0.497 e. The highest BCUT2D eigenvalue weighted by molar-refractivity contribution is 7.09. The second kappa shape index (κ2) is 9.16. The lowest BCUT2D eigenvalue weighted by molar-refractivity contribution is -0.132. The summed E-state index contributed by atoms with van der Waals surface area (Å²) >= 11 is 1.81. The summed E-state index contributed by atoms with van der Waals surface area (Å²) in [4.78, 5) is 20.5. The van der Waals surface area contributed by atoms with Crippen LogP contribution in [0.1, 0.15) is 10.4 Å². The Bertz CT molecular complexity index is 680. The first-order valence-electron chi connectivity index (χ1n) is 8.98. The van der Waals surface area contributed by atoms with Crippen LogP contribution in [0.3, 0.4) is 0 Å². The highest BCUT2D eigenvalue weighted by Crippen LogP contribution is 2.14. The molecule has 1 aliphatic rings. The number of amides is 1. The van der Waals surface area contributed by atoms with Crippen molar-refractivity contribution >= 4 is 17.2 Å². The van der Waals surface area contributed by atoms with Gasteiger partial charge in [-0.05, 0) is 29.1 Å². The molecule has 0 saturated carbocycles. The topological polar surface area (TPSA) is 36.0 Å². The van der Waals surface area contributed by atoms with Crippen molar-refractivity contribution in [3.05, 3.63) is 52.2 Å². The van der Waals surface area contributed by atoms with E-state index in [1.807, 2.05) is 42.6 Å². The molecule has 1 amide bonds. The summed E-state index contributed by atoms with van der Waals surface area (Å²) < 4.78 is 5.17. The van der Waals surface area contributed by atoms with E-state index in [9.17, 15) is 4.79 Å². The maximum Gasteiger partial charge on any atom is 0.236 e. The maximum atomic E-state index is 12.5. The van der Waals surface area contributed by atoms with Crippen LogP contribution in [0.5, 0.6) is 5.75 Å². The number of methoxy groups -OCH3 is 1. The monoisotopic (exact) mass is 373 g/mol. The predicted octanol–water partition coefficient (Wildman–Crippen LogP) is 2.53. The van der Waals surface area contributed by atoms with Gasteiger partial charge in [0.25, 0.3) is 0 Å². The summed E-state index contributed by atoms with van der Waals surface area (Å²) in [5, 5.41) is 2.13. The van der Waals surface area contributed by atoms with Crippen molar-refractivity contribution in [2.45, 2.75) is 13.1 Å². The Morgan fingerprint density at radius 1 is 1.12 bits per heavy atom. The average molecular weight is 374 g/mol. The summed E-state index contributed by atoms with van der Waals surface area (Å²) in [6, 6.07) is 12.2. The number of nitrogens with zero attached hydrogens (tertiary/aromatic N) is 3. The lowest BCUT2D eigenvalue weighted by atomic mass is 10.2. The highest BCUT2D eigenvalue weighted by Gasteiger charge is 2.20. The first kappa shape index (κ1) is 18.9. The third kappa shape index (κ3) is 5.30. The number of ether oxygens (including phenoxy) is 1. The fraction of sp³-hybridized carbons (Fsp3) is 0.450. The molecule has 0 aliphatic carbocycles. The zero-order valence-electron chi connectivity index (χ0n) is 15.6. The van der Waals surface area contributed by atoms with E-state index >= 15 is 0 Å². The van der Waals surface area contributed by atoms with E-state index < -0.39 is 0 Å². The van der Waals surface area contributed by atoms with Crippen LogP contribution in [0.2, 0.25) is 0 Å². The predicted molar refractivity (Wildman–Crippen MR) is 106 cm³/mol. The number of rotatable bonds is 7. The number of hydrogen-bond donors (Lipinski definition) is 0. The Labute approximate surface area is 159 Å². The normalized spacial score (nSPS) is 15.8. The molecule has 1 aliphatic heterocycles. The molecule has 5 nitrogen and oxygen atoms in total. The molecule has 0 unspecified atom stereocenters. The fourth-order valence-electron chi connectivity index (χ4n) is 3.13. The zero-order chi connectivity index (χ0) is 18.4. The molecular formula is C20H27N3O2S. The van der Waals surface area contributed by atoms with Crippen LogP contribution < -0.4 is 4.74 Å². The molecule has 1 aromatic carbocycles. The van der Waals surface area contributed by atoms with Crippen molar-refractivity contribution in [2.75, 3.05) is 46.9 Å². The van der Waals surface area contributed by atoms with Crippen molar-refractivity contribution in [1.29, 1.82) is 0 Å². The van der Waals surface area contributed by atoms with E-state index in [4.69, 9.17) is 4.74 Å². The van der Waals surface area contributed by atoms with E-state index in [0.29, 0.717) is 13.1 Å². The van der Waals surface area contributed by atoms with Gasteiger partial charge in [-0.25, -0.2) is 0 Å². The molecule has 140 valence electrons. The number of carbonyl (C=O) groups is 1. The van der Waals surface area contributed by atoms with Crippen LogP contribution in [-0.2, 0) is 17.9 Å². The van der Waals surface area contributed by atoms with E-state index in [1.165, 1.54) is 4.88 Å². The summed E-state index contributed by atoms with van der Waals surface area (Å²) in [5.41, 5.74) is 1.11. The number of carbonyl (C=O) groups excluding carboxylic acids is 1. The standard InChI is InChI=1S/C20H27N3O2S/c1-21(14-17-5-7-18(25-2)8-6-17)20(24)16-23-11-9-22(10-12-23)15-19-4-3-13-26-19/h3-8,13H,9-12,14-16H2,1-2H3. The minimum atomic E-state index is 0.174. The smallest absolute Gasteiger partial charge is 0.236 e. The Morgan fingerprint density at radius 3 is 2.42 bits per heavy atom. The molecular weight excluding hydrogens is 346 g/mol. The molecule has 0 atom stereocenters. The van der Waals surface area contributed by atoms with Gasteiger partial charge in [0.15, 0.2) is 0 Å². The van der Waals surface area contributed by atoms with Crippen molar-refractivity contribution in [3.63, 3.8) is 0 Å². The summed E-state index contributed by atoms with van der Waals surface area (Å²) in [5.74, 6) is 1.01. The van der Waals surface area contributed by atoms with Gasteiger partial charge >= 0.3 is 0 Å².